The van der Waals surface area contributed by atoms with Crippen molar-refractivity contribution in [1.82, 2.24) is 0 Å². The van der Waals surface area contributed by atoms with Gasteiger partial charge < -0.3 is 5.73 Å². The lowest BCUT2D eigenvalue weighted by molar-refractivity contribution is -0.119. The van der Waals surface area contributed by atoms with Gasteiger partial charge in [0.1, 0.15) is 5.78 Å². The summed E-state index contributed by atoms with van der Waals surface area (Å²) in [7, 11) is 0. The van der Waals surface area contributed by atoms with Gasteiger partial charge in [-0.1, -0.05) is 37.3 Å². The van der Waals surface area contributed by atoms with Crippen LogP contribution in [0.25, 0.3) is 0 Å². The molecule has 1 rings (SSSR count). The van der Waals surface area contributed by atoms with Gasteiger partial charge in [0, 0.05) is 12.8 Å². The van der Waals surface area contributed by atoms with E-state index in [2.05, 4.69) is 19.1 Å². The summed E-state index contributed by atoms with van der Waals surface area (Å²) in [6.45, 7) is 2.76. The molecule has 0 aliphatic heterocycles. The van der Waals surface area contributed by atoms with E-state index in [-0.39, 0.29) is 0 Å². The van der Waals surface area contributed by atoms with Crippen LogP contribution in [0.4, 0.5) is 0 Å². The molecule has 0 aliphatic rings. The van der Waals surface area contributed by atoms with Gasteiger partial charge in [-0.3, -0.25) is 4.79 Å². The number of carbonyl (C=O) groups is 1. The normalized spacial score (nSPS) is 12.4. The van der Waals surface area contributed by atoms with E-state index in [1.165, 1.54) is 5.56 Å². The van der Waals surface area contributed by atoms with E-state index in [0.29, 0.717) is 31.1 Å². The number of aryl methyl sites for hydroxylation is 1. The van der Waals surface area contributed by atoms with E-state index in [9.17, 15) is 4.79 Å². The molecule has 1 atom stereocenters. The molecular weight excluding hydrogens is 198 g/mol. The third-order valence-corrected chi connectivity index (χ3v) is 2.85. The van der Waals surface area contributed by atoms with E-state index in [4.69, 9.17) is 5.73 Å². The number of carbonyl (C=O) groups excluding carboxylic acids is 1. The molecule has 88 valence electrons. The monoisotopic (exact) mass is 219 g/mol. The molecular formula is C14H21NO. The highest BCUT2D eigenvalue weighted by molar-refractivity contribution is 5.78. The molecule has 0 spiro atoms. The highest BCUT2D eigenvalue weighted by Crippen LogP contribution is 2.08. The van der Waals surface area contributed by atoms with Gasteiger partial charge in [0.05, 0.1) is 0 Å². The molecule has 2 nitrogen and oxygen atoms in total. The van der Waals surface area contributed by atoms with E-state index in [0.717, 1.165) is 12.8 Å². The first-order valence-electron chi connectivity index (χ1n) is 5.98. The maximum Gasteiger partial charge on any atom is 0.133 e. The van der Waals surface area contributed by atoms with Crippen LogP contribution in [-0.4, -0.2) is 12.3 Å². The molecule has 1 aromatic carbocycles. The minimum atomic E-state index is 0.351. The number of rotatable bonds is 7. The van der Waals surface area contributed by atoms with Crippen molar-refractivity contribution in [2.24, 2.45) is 11.7 Å². The average Bonchev–Trinajstić information content (AvgIpc) is 2.34. The molecule has 0 aromatic heterocycles. The SMILES string of the molecule is CC(CN)CCC(=O)CCc1ccccc1. The Labute approximate surface area is 97.9 Å². The van der Waals surface area contributed by atoms with Crippen molar-refractivity contribution in [2.75, 3.05) is 6.54 Å². The first-order chi connectivity index (χ1) is 7.72. The molecule has 0 aliphatic carbocycles. The number of benzene rings is 1. The summed E-state index contributed by atoms with van der Waals surface area (Å²) < 4.78 is 0. The van der Waals surface area contributed by atoms with Crippen LogP contribution in [0.1, 0.15) is 31.7 Å². The number of Topliss-reactive ketones (excluding diaryl/α,β-unsaturated/α-hetero) is 1. The minimum absolute atomic E-state index is 0.351. The second-order valence-corrected chi connectivity index (χ2v) is 4.40. The molecule has 2 heteroatoms. The second kappa shape index (κ2) is 7.18. The molecule has 2 N–H and O–H groups in total. The van der Waals surface area contributed by atoms with E-state index in [1.54, 1.807) is 0 Å². The van der Waals surface area contributed by atoms with Crippen molar-refractivity contribution in [1.29, 1.82) is 0 Å². The van der Waals surface area contributed by atoms with Crippen molar-refractivity contribution in [3.8, 4) is 0 Å². The van der Waals surface area contributed by atoms with Crippen molar-refractivity contribution in [2.45, 2.75) is 32.6 Å². The highest BCUT2D eigenvalue weighted by Gasteiger charge is 2.05. The molecule has 0 amide bonds. The first kappa shape index (κ1) is 12.9. The topological polar surface area (TPSA) is 43.1 Å². The molecule has 0 saturated heterocycles. The van der Waals surface area contributed by atoms with Crippen molar-refractivity contribution in [3.63, 3.8) is 0 Å². The summed E-state index contributed by atoms with van der Waals surface area (Å²) in [5, 5.41) is 0. The standard InChI is InChI=1S/C14H21NO/c1-12(11-15)7-9-14(16)10-8-13-5-3-2-4-6-13/h2-6,12H,7-11,15H2,1H3. The molecule has 0 radical (unpaired) electrons. The zero-order valence-corrected chi connectivity index (χ0v) is 9.99. The van der Waals surface area contributed by atoms with Gasteiger partial charge in [-0.25, -0.2) is 0 Å². The van der Waals surface area contributed by atoms with Crippen LogP contribution in [0.2, 0.25) is 0 Å². The Kier molecular flexibility index (Phi) is 5.79. The van der Waals surface area contributed by atoms with Crippen LogP contribution in [0, 0.1) is 5.92 Å². The van der Waals surface area contributed by atoms with Crippen LogP contribution >= 0.6 is 0 Å². The lowest BCUT2D eigenvalue weighted by Gasteiger charge is -2.06. The number of ketones is 1. The Balaban J connectivity index is 2.20. The summed E-state index contributed by atoms with van der Waals surface area (Å²) in [6, 6.07) is 10.1. The zero-order chi connectivity index (χ0) is 11.8. The quantitative estimate of drug-likeness (QED) is 0.766. The summed E-state index contributed by atoms with van der Waals surface area (Å²) in [5.41, 5.74) is 6.75. The van der Waals surface area contributed by atoms with Crippen LogP contribution in [0.5, 0.6) is 0 Å². The van der Waals surface area contributed by atoms with Crippen LogP contribution in [0.3, 0.4) is 0 Å². The lowest BCUT2D eigenvalue weighted by Crippen LogP contribution is -2.12. The highest BCUT2D eigenvalue weighted by atomic mass is 16.1. The van der Waals surface area contributed by atoms with Gasteiger partial charge in [-0.2, -0.15) is 0 Å². The zero-order valence-electron chi connectivity index (χ0n) is 9.99. The number of nitrogens with two attached hydrogens (primary N) is 1. The Morgan fingerprint density at radius 2 is 1.94 bits per heavy atom. The summed E-state index contributed by atoms with van der Waals surface area (Å²) >= 11 is 0. The average molecular weight is 219 g/mol. The van der Waals surface area contributed by atoms with E-state index >= 15 is 0 Å². The number of hydrogen-bond acceptors (Lipinski definition) is 2. The van der Waals surface area contributed by atoms with Crippen molar-refractivity contribution < 1.29 is 4.79 Å². The fourth-order valence-corrected chi connectivity index (χ4v) is 1.58. The van der Waals surface area contributed by atoms with Gasteiger partial charge >= 0.3 is 0 Å². The van der Waals surface area contributed by atoms with Gasteiger partial charge in [-0.05, 0) is 30.9 Å². The Morgan fingerprint density at radius 3 is 2.56 bits per heavy atom. The third kappa shape index (κ3) is 5.08. The Bertz CT molecular complexity index is 308. The summed E-state index contributed by atoms with van der Waals surface area (Å²) in [6.07, 6.45) is 3.10. The first-order valence-corrected chi connectivity index (χ1v) is 5.98. The van der Waals surface area contributed by atoms with Crippen LogP contribution in [0.15, 0.2) is 30.3 Å². The molecule has 1 aromatic rings. The lowest BCUT2D eigenvalue weighted by atomic mass is 10.0. The largest absolute Gasteiger partial charge is 0.330 e. The smallest absolute Gasteiger partial charge is 0.133 e. The van der Waals surface area contributed by atoms with Gasteiger partial charge in [0.15, 0.2) is 0 Å². The number of hydrogen-bond donors (Lipinski definition) is 1. The summed E-state index contributed by atoms with van der Waals surface area (Å²) in [4.78, 5) is 11.6. The predicted molar refractivity (Wildman–Crippen MR) is 67.2 cm³/mol. The maximum absolute atomic E-state index is 11.6. The van der Waals surface area contributed by atoms with Gasteiger partial charge in [0.25, 0.3) is 0 Å². The van der Waals surface area contributed by atoms with Crippen LogP contribution < -0.4 is 5.73 Å². The second-order valence-electron chi connectivity index (χ2n) is 4.40. The molecule has 0 heterocycles. The van der Waals surface area contributed by atoms with Crippen molar-refractivity contribution in [3.05, 3.63) is 35.9 Å². The van der Waals surface area contributed by atoms with Gasteiger partial charge in [-0.15, -0.1) is 0 Å². The van der Waals surface area contributed by atoms with E-state index in [1.807, 2.05) is 18.2 Å². The maximum atomic E-state index is 11.6. The summed E-state index contributed by atoms with van der Waals surface area (Å²) in [5.74, 6) is 0.810. The fraction of sp³-hybridized carbons (Fsp3) is 0.500. The minimum Gasteiger partial charge on any atom is -0.330 e. The van der Waals surface area contributed by atoms with Crippen LogP contribution in [-0.2, 0) is 11.2 Å². The van der Waals surface area contributed by atoms with Gasteiger partial charge in [0.2, 0.25) is 0 Å². The predicted octanol–water partition coefficient (Wildman–Crippen LogP) is 2.56. The van der Waals surface area contributed by atoms with Crippen molar-refractivity contribution >= 4 is 5.78 Å². The third-order valence-electron chi connectivity index (χ3n) is 2.85. The Morgan fingerprint density at radius 1 is 1.25 bits per heavy atom. The molecule has 0 fully saturated rings. The molecule has 0 bridgehead atoms. The molecule has 0 saturated carbocycles. The molecule has 1 unspecified atom stereocenters. The van der Waals surface area contributed by atoms with E-state index < -0.39 is 0 Å². The molecule has 16 heavy (non-hydrogen) atoms. The Hall–Kier alpha value is -1.15. The fourth-order valence-electron chi connectivity index (χ4n) is 1.58.